The normalized spacial score (nSPS) is 10.4. The lowest BCUT2D eigenvalue weighted by atomic mass is 10.1. The number of carbonyl (C=O) groups excluding carboxylic acids is 2. The van der Waals surface area contributed by atoms with Gasteiger partial charge in [0.05, 0.1) is 12.7 Å². The van der Waals surface area contributed by atoms with E-state index in [1.165, 1.54) is 29.5 Å². The van der Waals surface area contributed by atoms with E-state index in [9.17, 15) is 9.59 Å². The van der Waals surface area contributed by atoms with E-state index in [4.69, 9.17) is 10.5 Å². The number of nitrogens with zero attached hydrogens (tertiary/aromatic N) is 3. The minimum absolute atomic E-state index is 0.0409. The van der Waals surface area contributed by atoms with Crippen molar-refractivity contribution in [2.24, 2.45) is 0 Å². The van der Waals surface area contributed by atoms with Crippen LogP contribution in [0.4, 0.5) is 10.9 Å². The van der Waals surface area contributed by atoms with Gasteiger partial charge in [0, 0.05) is 4.88 Å². The molecule has 0 unspecified atom stereocenters. The average molecular weight is 309 g/mol. The molecule has 0 saturated carbocycles. The molecule has 2 aromatic rings. The molecule has 0 spiro atoms. The van der Waals surface area contributed by atoms with Crippen molar-refractivity contribution in [3.05, 3.63) is 22.3 Å². The van der Waals surface area contributed by atoms with E-state index in [1.807, 2.05) is 13.8 Å². The number of nitrogens with one attached hydrogen (secondary N) is 1. The van der Waals surface area contributed by atoms with E-state index in [2.05, 4.69) is 15.4 Å². The van der Waals surface area contributed by atoms with Crippen LogP contribution in [0.15, 0.2) is 6.33 Å². The van der Waals surface area contributed by atoms with Crippen LogP contribution in [-0.2, 0) is 16.1 Å². The van der Waals surface area contributed by atoms with Gasteiger partial charge in [-0.15, -0.1) is 16.4 Å². The zero-order valence-electron chi connectivity index (χ0n) is 11.8. The molecule has 0 aromatic carbocycles. The standard InChI is InChI=1S/C12H15N5O3S/c1-6-7(2)21-10(9(6)11(19)20-3)15-8(18)4-17-5-14-12(13)16-17/h5H,4H2,1-3H3,(H2,13,16)(H,15,18). The molecule has 9 heteroatoms. The fraction of sp³-hybridized carbons (Fsp3) is 0.333. The summed E-state index contributed by atoms with van der Waals surface area (Å²) in [6.07, 6.45) is 1.36. The molecule has 0 atom stereocenters. The van der Waals surface area contributed by atoms with Gasteiger partial charge in [0.1, 0.15) is 17.9 Å². The Morgan fingerprint density at radius 1 is 1.48 bits per heavy atom. The van der Waals surface area contributed by atoms with Crippen molar-refractivity contribution in [2.45, 2.75) is 20.4 Å². The molecule has 2 heterocycles. The highest BCUT2D eigenvalue weighted by Crippen LogP contribution is 2.32. The number of anilines is 2. The molecule has 2 aromatic heterocycles. The van der Waals surface area contributed by atoms with E-state index in [1.54, 1.807) is 0 Å². The van der Waals surface area contributed by atoms with Crippen LogP contribution in [0.25, 0.3) is 0 Å². The van der Waals surface area contributed by atoms with E-state index in [0.717, 1.165) is 10.4 Å². The first kappa shape index (κ1) is 15.0. The maximum Gasteiger partial charge on any atom is 0.341 e. The number of carbonyl (C=O) groups is 2. The predicted molar refractivity (Wildman–Crippen MR) is 78.2 cm³/mol. The lowest BCUT2D eigenvalue weighted by Gasteiger charge is -2.06. The predicted octanol–water partition coefficient (Wildman–Crippen LogP) is 0.964. The summed E-state index contributed by atoms with van der Waals surface area (Å²) in [5, 5.41) is 6.99. The average Bonchev–Trinajstić information content (AvgIpc) is 2.94. The Balaban J connectivity index is 2.17. The van der Waals surface area contributed by atoms with E-state index in [0.29, 0.717) is 10.6 Å². The molecule has 0 aliphatic carbocycles. The van der Waals surface area contributed by atoms with Gasteiger partial charge in [-0.2, -0.15) is 0 Å². The molecule has 0 fully saturated rings. The van der Waals surface area contributed by atoms with Crippen LogP contribution in [0.2, 0.25) is 0 Å². The van der Waals surface area contributed by atoms with Crippen LogP contribution in [0.3, 0.4) is 0 Å². The number of hydrogen-bond acceptors (Lipinski definition) is 7. The molecule has 0 aliphatic heterocycles. The molecule has 112 valence electrons. The van der Waals surface area contributed by atoms with Gasteiger partial charge in [-0.05, 0) is 19.4 Å². The number of thiophene rings is 1. The summed E-state index contributed by atoms with van der Waals surface area (Å²) in [6, 6.07) is 0. The molecule has 3 N–H and O–H groups in total. The lowest BCUT2D eigenvalue weighted by Crippen LogP contribution is -2.20. The second-order valence-corrected chi connectivity index (χ2v) is 5.55. The molecular weight excluding hydrogens is 294 g/mol. The van der Waals surface area contributed by atoms with Gasteiger partial charge in [-0.25, -0.2) is 14.5 Å². The molecule has 1 amide bonds. The number of rotatable bonds is 4. The van der Waals surface area contributed by atoms with Gasteiger partial charge in [0.15, 0.2) is 0 Å². The number of nitrogen functional groups attached to an aromatic ring is 1. The maximum absolute atomic E-state index is 12.0. The van der Waals surface area contributed by atoms with Gasteiger partial charge in [0.2, 0.25) is 11.9 Å². The monoisotopic (exact) mass is 309 g/mol. The number of esters is 1. The molecule has 0 aliphatic rings. The van der Waals surface area contributed by atoms with Gasteiger partial charge < -0.3 is 15.8 Å². The van der Waals surface area contributed by atoms with Gasteiger partial charge >= 0.3 is 5.97 Å². The summed E-state index contributed by atoms with van der Waals surface area (Å²) < 4.78 is 6.06. The van der Waals surface area contributed by atoms with Crippen molar-refractivity contribution in [1.29, 1.82) is 0 Å². The number of methoxy groups -OCH3 is 1. The fourth-order valence-electron chi connectivity index (χ4n) is 1.76. The summed E-state index contributed by atoms with van der Waals surface area (Å²) in [7, 11) is 1.30. The second-order valence-electron chi connectivity index (χ2n) is 4.33. The van der Waals surface area contributed by atoms with E-state index in [-0.39, 0.29) is 18.4 Å². The van der Waals surface area contributed by atoms with Gasteiger partial charge in [0.25, 0.3) is 0 Å². The van der Waals surface area contributed by atoms with Crippen molar-refractivity contribution < 1.29 is 14.3 Å². The number of hydrogen-bond donors (Lipinski definition) is 2. The topological polar surface area (TPSA) is 112 Å². The molecule has 0 bridgehead atoms. The number of aryl methyl sites for hydroxylation is 1. The third-order valence-electron chi connectivity index (χ3n) is 2.89. The first-order valence-corrected chi connectivity index (χ1v) is 6.87. The third kappa shape index (κ3) is 3.19. The number of amides is 1. The Hall–Kier alpha value is -2.42. The minimum atomic E-state index is -0.475. The highest BCUT2D eigenvalue weighted by atomic mass is 32.1. The van der Waals surface area contributed by atoms with Crippen LogP contribution in [0.5, 0.6) is 0 Å². The largest absolute Gasteiger partial charge is 0.465 e. The Morgan fingerprint density at radius 2 is 2.19 bits per heavy atom. The summed E-state index contributed by atoms with van der Waals surface area (Å²) in [4.78, 5) is 28.5. The summed E-state index contributed by atoms with van der Waals surface area (Å²) in [5.74, 6) is -0.704. The van der Waals surface area contributed by atoms with Crippen molar-refractivity contribution in [3.8, 4) is 0 Å². The van der Waals surface area contributed by atoms with Crippen molar-refractivity contribution in [3.63, 3.8) is 0 Å². The van der Waals surface area contributed by atoms with E-state index < -0.39 is 5.97 Å². The van der Waals surface area contributed by atoms with Crippen LogP contribution in [-0.4, -0.2) is 33.8 Å². The van der Waals surface area contributed by atoms with Crippen molar-refractivity contribution in [1.82, 2.24) is 14.8 Å². The van der Waals surface area contributed by atoms with Crippen LogP contribution in [0, 0.1) is 13.8 Å². The fourth-order valence-corrected chi connectivity index (χ4v) is 2.83. The van der Waals surface area contributed by atoms with E-state index >= 15 is 0 Å². The smallest absolute Gasteiger partial charge is 0.341 e. The number of ether oxygens (including phenoxy) is 1. The van der Waals surface area contributed by atoms with Crippen LogP contribution < -0.4 is 11.1 Å². The number of nitrogens with two attached hydrogens (primary N) is 1. The highest BCUT2D eigenvalue weighted by Gasteiger charge is 2.21. The maximum atomic E-state index is 12.0. The Morgan fingerprint density at radius 3 is 2.76 bits per heavy atom. The summed E-state index contributed by atoms with van der Waals surface area (Å²) >= 11 is 1.33. The third-order valence-corrected chi connectivity index (χ3v) is 4.01. The van der Waals surface area contributed by atoms with Gasteiger partial charge in [-0.1, -0.05) is 0 Å². The Bertz CT molecular complexity index is 691. The zero-order chi connectivity index (χ0) is 15.6. The molecule has 0 radical (unpaired) electrons. The molecule has 8 nitrogen and oxygen atoms in total. The number of aromatic nitrogens is 3. The van der Waals surface area contributed by atoms with Gasteiger partial charge in [-0.3, -0.25) is 4.79 Å². The van der Waals surface area contributed by atoms with Crippen LogP contribution >= 0.6 is 11.3 Å². The first-order valence-electron chi connectivity index (χ1n) is 6.05. The Labute approximate surface area is 124 Å². The first-order chi connectivity index (χ1) is 9.92. The molecule has 21 heavy (non-hydrogen) atoms. The summed E-state index contributed by atoms with van der Waals surface area (Å²) in [6.45, 7) is 3.65. The molecule has 0 saturated heterocycles. The summed E-state index contributed by atoms with van der Waals surface area (Å²) in [5.41, 5.74) is 6.56. The van der Waals surface area contributed by atoms with Crippen LogP contribution in [0.1, 0.15) is 20.8 Å². The Kier molecular flexibility index (Phi) is 4.22. The lowest BCUT2D eigenvalue weighted by molar-refractivity contribution is -0.116. The quantitative estimate of drug-likeness (QED) is 0.814. The molecule has 2 rings (SSSR count). The minimum Gasteiger partial charge on any atom is -0.465 e. The zero-order valence-corrected chi connectivity index (χ0v) is 12.7. The molecular formula is C12H15N5O3S. The highest BCUT2D eigenvalue weighted by molar-refractivity contribution is 7.16. The van der Waals surface area contributed by atoms with Crippen molar-refractivity contribution >= 4 is 34.2 Å². The SMILES string of the molecule is COC(=O)c1c(NC(=O)Cn2cnc(N)n2)sc(C)c1C. The van der Waals surface area contributed by atoms with Crippen molar-refractivity contribution in [2.75, 3.05) is 18.2 Å². The second kappa shape index (κ2) is 5.92.